The number of anilines is 2. The highest BCUT2D eigenvalue weighted by molar-refractivity contribution is 5.99. The van der Waals surface area contributed by atoms with Crippen molar-refractivity contribution in [2.75, 3.05) is 23.9 Å². The summed E-state index contributed by atoms with van der Waals surface area (Å²) in [5.74, 6) is 0. The van der Waals surface area contributed by atoms with Gasteiger partial charge in [0.05, 0.1) is 51.7 Å². The number of nitrogens with zero attached hydrogens (tertiary/aromatic N) is 7. The Hall–Kier alpha value is -5.01. The summed E-state index contributed by atoms with van der Waals surface area (Å²) in [4.78, 5) is 4.44. The minimum Gasteiger partial charge on any atom is -0.383 e. The molecule has 2 aromatic carbocycles. The van der Waals surface area contributed by atoms with E-state index in [-0.39, 0.29) is 5.41 Å². The van der Waals surface area contributed by atoms with Crippen LogP contribution in [-0.4, -0.2) is 33.2 Å². The Bertz CT molecular complexity index is 1760. The number of nitriles is 3. The van der Waals surface area contributed by atoms with Crippen LogP contribution in [0.3, 0.4) is 0 Å². The molecule has 0 aliphatic heterocycles. The van der Waals surface area contributed by atoms with E-state index in [1.165, 1.54) is 6.20 Å². The summed E-state index contributed by atoms with van der Waals surface area (Å²) >= 11 is 0. The molecular weight excluding hydrogens is 517 g/mol. The van der Waals surface area contributed by atoms with Crippen molar-refractivity contribution in [2.45, 2.75) is 52.1 Å². The lowest BCUT2D eigenvalue weighted by Gasteiger charge is -2.23. The molecule has 41 heavy (non-hydrogen) atoms. The minimum atomic E-state index is -0.650. The maximum absolute atomic E-state index is 13.8. The molecule has 0 saturated heterocycles. The molecule has 1 atom stereocenters. The second-order valence-electron chi connectivity index (χ2n) is 11.8. The normalized spacial score (nSPS) is 14.5. The number of hydrogen-bond acceptors (Lipinski definition) is 8. The number of rotatable bonds is 8. The molecule has 1 aliphatic rings. The van der Waals surface area contributed by atoms with Crippen molar-refractivity contribution in [2.24, 2.45) is 5.41 Å². The molecule has 5 rings (SSSR count). The zero-order chi connectivity index (χ0) is 29.4. The van der Waals surface area contributed by atoms with Crippen LogP contribution in [0.4, 0.5) is 15.8 Å². The largest absolute Gasteiger partial charge is 0.383 e. The van der Waals surface area contributed by atoms with Crippen LogP contribution in [0.15, 0.2) is 42.7 Å². The second-order valence-corrected chi connectivity index (χ2v) is 11.8. The summed E-state index contributed by atoms with van der Waals surface area (Å²) in [6.07, 6.45) is 4.63. The first-order valence-corrected chi connectivity index (χ1v) is 13.4. The molecule has 0 spiro atoms. The highest BCUT2D eigenvalue weighted by Gasteiger charge is 2.46. The quantitative estimate of drug-likeness (QED) is 0.279. The summed E-state index contributed by atoms with van der Waals surface area (Å²) in [5.41, 5.74) is 4.34. The fourth-order valence-electron chi connectivity index (χ4n) is 4.87. The van der Waals surface area contributed by atoms with Gasteiger partial charge in [0.25, 0.3) is 0 Å². The van der Waals surface area contributed by atoms with Crippen molar-refractivity contribution in [3.63, 3.8) is 0 Å². The topological polar surface area (TPSA) is 139 Å². The molecule has 2 aromatic heterocycles. The van der Waals surface area contributed by atoms with Gasteiger partial charge in [0, 0.05) is 23.8 Å². The number of benzene rings is 2. The van der Waals surface area contributed by atoms with Crippen molar-refractivity contribution < 1.29 is 4.39 Å². The third kappa shape index (κ3) is 5.27. The molecule has 10 heteroatoms. The van der Waals surface area contributed by atoms with Crippen LogP contribution in [0, 0.1) is 46.3 Å². The Morgan fingerprint density at radius 3 is 2.44 bits per heavy atom. The smallest absolute Gasteiger partial charge is 0.115 e. The number of halogens is 1. The molecule has 9 nitrogen and oxygen atoms in total. The van der Waals surface area contributed by atoms with Crippen LogP contribution in [0.2, 0.25) is 0 Å². The van der Waals surface area contributed by atoms with Crippen molar-refractivity contribution >= 4 is 22.3 Å². The lowest BCUT2D eigenvalue weighted by atomic mass is 9.94. The number of aromatic nitrogens is 4. The maximum atomic E-state index is 13.8. The van der Waals surface area contributed by atoms with Crippen molar-refractivity contribution in [1.82, 2.24) is 20.0 Å². The molecule has 2 heterocycles. The van der Waals surface area contributed by atoms with Crippen LogP contribution >= 0.6 is 0 Å². The van der Waals surface area contributed by atoms with Gasteiger partial charge in [-0.15, -0.1) is 5.10 Å². The Morgan fingerprint density at radius 2 is 1.80 bits per heavy atom. The zero-order valence-corrected chi connectivity index (χ0v) is 23.5. The summed E-state index contributed by atoms with van der Waals surface area (Å²) in [6.45, 7) is 8.22. The van der Waals surface area contributed by atoms with E-state index in [1.807, 2.05) is 25.1 Å². The molecule has 206 valence electrons. The maximum Gasteiger partial charge on any atom is 0.115 e. The van der Waals surface area contributed by atoms with Gasteiger partial charge in [0.15, 0.2) is 0 Å². The predicted molar refractivity (Wildman–Crippen MR) is 154 cm³/mol. The van der Waals surface area contributed by atoms with Gasteiger partial charge in [0.2, 0.25) is 0 Å². The van der Waals surface area contributed by atoms with E-state index in [0.717, 1.165) is 11.1 Å². The van der Waals surface area contributed by atoms with E-state index in [0.29, 0.717) is 64.0 Å². The van der Waals surface area contributed by atoms with E-state index < -0.39 is 18.3 Å². The molecule has 0 radical (unpaired) electrons. The minimum absolute atomic E-state index is 0.0605. The molecule has 0 amide bonds. The fourth-order valence-corrected chi connectivity index (χ4v) is 4.87. The van der Waals surface area contributed by atoms with Gasteiger partial charge in [-0.2, -0.15) is 15.8 Å². The van der Waals surface area contributed by atoms with Crippen LogP contribution in [0.25, 0.3) is 10.9 Å². The number of nitrogens with one attached hydrogen (secondary N) is 2. The first-order valence-electron chi connectivity index (χ1n) is 13.4. The standard InChI is InChI=1S/C31H30FN9/c1-19-20(12-33)6-5-7-24(19)29(26-16-41(40-39-26)31(17-32)8-9-31)38-23-10-21(13-34)27-25(11-23)28(22(14-35)15-36-27)37-18-30(2,3)4/h5-7,10-11,15-16,29,38H,8-9,17-18H2,1-4H3,(H,36,37)/t29-/m0/s1. The van der Waals surface area contributed by atoms with Gasteiger partial charge in [-0.3, -0.25) is 4.98 Å². The lowest BCUT2D eigenvalue weighted by Crippen LogP contribution is -2.20. The summed E-state index contributed by atoms with van der Waals surface area (Å²) in [7, 11) is 0. The predicted octanol–water partition coefficient (Wildman–Crippen LogP) is 5.87. The Morgan fingerprint density at radius 1 is 1.07 bits per heavy atom. The van der Waals surface area contributed by atoms with Crippen LogP contribution in [0.1, 0.15) is 73.2 Å². The van der Waals surface area contributed by atoms with Gasteiger partial charge in [-0.25, -0.2) is 9.07 Å². The van der Waals surface area contributed by atoms with Gasteiger partial charge >= 0.3 is 0 Å². The average Bonchev–Trinajstić information content (AvgIpc) is 3.61. The molecular formula is C31H30FN9. The molecule has 1 fully saturated rings. The van der Waals surface area contributed by atoms with Crippen LogP contribution in [0.5, 0.6) is 0 Å². The first-order chi connectivity index (χ1) is 19.6. The Labute approximate surface area is 238 Å². The Kier molecular flexibility index (Phi) is 7.07. The molecule has 1 aliphatic carbocycles. The fraction of sp³-hybridized carbons (Fsp3) is 0.355. The summed E-state index contributed by atoms with van der Waals surface area (Å²) in [6, 6.07) is 15.2. The third-order valence-corrected chi connectivity index (χ3v) is 7.49. The van der Waals surface area contributed by atoms with E-state index >= 15 is 0 Å². The van der Waals surface area contributed by atoms with E-state index in [1.54, 1.807) is 23.0 Å². The van der Waals surface area contributed by atoms with Gasteiger partial charge in [-0.05, 0) is 54.5 Å². The van der Waals surface area contributed by atoms with Gasteiger partial charge in [0.1, 0.15) is 24.5 Å². The number of fused-ring (bicyclic) bond motifs is 1. The van der Waals surface area contributed by atoms with E-state index in [4.69, 9.17) is 0 Å². The highest BCUT2D eigenvalue weighted by atomic mass is 19.1. The van der Waals surface area contributed by atoms with Crippen LogP contribution in [-0.2, 0) is 5.54 Å². The average molecular weight is 548 g/mol. The zero-order valence-electron chi connectivity index (χ0n) is 23.5. The van der Waals surface area contributed by atoms with E-state index in [9.17, 15) is 20.2 Å². The van der Waals surface area contributed by atoms with Crippen molar-refractivity contribution in [3.8, 4) is 18.2 Å². The van der Waals surface area contributed by atoms with Crippen molar-refractivity contribution in [3.05, 3.63) is 76.2 Å². The summed E-state index contributed by atoms with van der Waals surface area (Å²) < 4.78 is 15.4. The van der Waals surface area contributed by atoms with Gasteiger partial charge < -0.3 is 10.6 Å². The molecule has 1 saturated carbocycles. The molecule has 4 aromatic rings. The monoisotopic (exact) mass is 547 g/mol. The SMILES string of the molecule is Cc1c(C#N)cccc1[C@H](Nc1cc(C#N)c2ncc(C#N)c(NCC(C)(C)C)c2c1)c1cn(C2(CF)CC2)nn1. The number of pyridine rings is 1. The molecule has 2 N–H and O–H groups in total. The number of alkyl halides is 1. The number of hydrogen-bond donors (Lipinski definition) is 2. The van der Waals surface area contributed by atoms with Crippen LogP contribution < -0.4 is 10.6 Å². The molecule has 0 bridgehead atoms. The summed E-state index contributed by atoms with van der Waals surface area (Å²) in [5, 5.41) is 45.8. The highest BCUT2D eigenvalue weighted by Crippen LogP contribution is 2.44. The first kappa shape index (κ1) is 27.6. The Balaban J connectivity index is 1.65. The van der Waals surface area contributed by atoms with Crippen molar-refractivity contribution in [1.29, 1.82) is 15.8 Å². The van der Waals surface area contributed by atoms with Gasteiger partial charge in [-0.1, -0.05) is 38.1 Å². The second kappa shape index (κ2) is 10.5. The lowest BCUT2D eigenvalue weighted by molar-refractivity contribution is 0.309. The van der Waals surface area contributed by atoms with E-state index in [2.05, 4.69) is 64.9 Å². The third-order valence-electron chi connectivity index (χ3n) is 7.49. The molecule has 0 unspecified atom stereocenters.